The van der Waals surface area contributed by atoms with Gasteiger partial charge < -0.3 is 18.4 Å². The molecule has 1 N–H and O–H groups in total. The Morgan fingerprint density at radius 1 is 1.09 bits per heavy atom. The molecule has 1 aromatic carbocycles. The van der Waals surface area contributed by atoms with E-state index in [-0.39, 0.29) is 27.8 Å². The summed E-state index contributed by atoms with van der Waals surface area (Å²) in [7, 11) is -4.46. The number of imidazole rings is 2. The topological polar surface area (TPSA) is 126 Å². The van der Waals surface area contributed by atoms with E-state index in [2.05, 4.69) is 44.3 Å². The summed E-state index contributed by atoms with van der Waals surface area (Å²) >= 11 is 6.52. The summed E-state index contributed by atoms with van der Waals surface area (Å²) in [5.74, 6) is -1.38. The molecular formula is C27H28ClF2N7O4SSi. The van der Waals surface area contributed by atoms with Gasteiger partial charge in [0.05, 0.1) is 47.0 Å². The smallest absolute Gasteiger partial charge is 0.267 e. The highest BCUT2D eigenvalue weighted by molar-refractivity contribution is 7.92. The van der Waals surface area contributed by atoms with Crippen molar-refractivity contribution in [2.24, 2.45) is 0 Å². The summed E-state index contributed by atoms with van der Waals surface area (Å²) in [6.07, 6.45) is 8.82. The van der Waals surface area contributed by atoms with Crippen molar-refractivity contribution in [1.82, 2.24) is 28.9 Å². The number of pyridine rings is 1. The number of fused-ring (bicyclic) bond motifs is 1. The van der Waals surface area contributed by atoms with Crippen molar-refractivity contribution in [3.05, 3.63) is 72.2 Å². The quantitative estimate of drug-likeness (QED) is 0.143. The fraction of sp³-hybridized carbons (Fsp3) is 0.259. The summed E-state index contributed by atoms with van der Waals surface area (Å²) in [5, 5.41) is -0.259. The number of ether oxygens (including phenoxy) is 2. The maximum Gasteiger partial charge on any atom is 0.267 e. The van der Waals surface area contributed by atoms with Crippen LogP contribution in [0.3, 0.4) is 0 Å². The highest BCUT2D eigenvalue weighted by Gasteiger charge is 2.25. The number of nitrogens with zero attached hydrogens (tertiary/aromatic N) is 6. The van der Waals surface area contributed by atoms with E-state index in [0.29, 0.717) is 30.4 Å². The zero-order valence-corrected chi connectivity index (χ0v) is 26.2. The van der Waals surface area contributed by atoms with Gasteiger partial charge in [-0.15, -0.1) is 0 Å². The van der Waals surface area contributed by atoms with Crippen LogP contribution < -0.4 is 9.46 Å². The van der Waals surface area contributed by atoms with Gasteiger partial charge in [-0.25, -0.2) is 32.2 Å². The first-order valence-corrected chi connectivity index (χ1v) is 18.6. The van der Waals surface area contributed by atoms with Crippen LogP contribution in [0.15, 0.2) is 60.4 Å². The first kappa shape index (κ1) is 30.5. The minimum Gasteiger partial charge on any atom is -0.480 e. The minimum atomic E-state index is -4.43. The van der Waals surface area contributed by atoms with E-state index in [4.69, 9.17) is 21.1 Å². The summed E-state index contributed by atoms with van der Waals surface area (Å²) in [6.45, 7) is 7.82. The van der Waals surface area contributed by atoms with E-state index in [1.54, 1.807) is 16.8 Å². The van der Waals surface area contributed by atoms with Crippen LogP contribution in [0.1, 0.15) is 0 Å². The van der Waals surface area contributed by atoms with Crippen LogP contribution in [0, 0.1) is 11.6 Å². The third-order valence-corrected chi connectivity index (χ3v) is 9.89. The van der Waals surface area contributed by atoms with Gasteiger partial charge in [-0.2, -0.15) is 0 Å². The van der Waals surface area contributed by atoms with Crippen LogP contribution in [0.25, 0.3) is 28.3 Å². The third-order valence-electron chi connectivity index (χ3n) is 6.43. The van der Waals surface area contributed by atoms with E-state index >= 15 is 4.39 Å². The molecule has 0 aliphatic rings. The molecule has 0 spiro atoms. The minimum absolute atomic E-state index is 0.114. The van der Waals surface area contributed by atoms with Gasteiger partial charge in [0, 0.05) is 39.3 Å². The Bertz CT molecular complexity index is 1910. The second kappa shape index (κ2) is 12.0. The molecule has 0 radical (unpaired) electrons. The summed E-state index contributed by atoms with van der Waals surface area (Å²) in [6, 6.07) is 3.99. The van der Waals surface area contributed by atoms with Crippen molar-refractivity contribution in [3.8, 4) is 28.7 Å². The SMILES string of the molecule is COc1ncc(F)cc1S(=O)(=O)Nc1ccc(F)c(-c2cn3cnc(-c4nccn4COCC[Si](C)(C)C)c3cn2)c1Cl. The second-order valence-corrected chi connectivity index (χ2v) is 18.4. The molecule has 4 aromatic heterocycles. The molecular weight excluding hydrogens is 620 g/mol. The Balaban J connectivity index is 1.44. The van der Waals surface area contributed by atoms with E-state index < -0.39 is 34.6 Å². The highest BCUT2D eigenvalue weighted by atomic mass is 35.5. The summed E-state index contributed by atoms with van der Waals surface area (Å²) < 4.78 is 71.6. The monoisotopic (exact) mass is 647 g/mol. The fourth-order valence-electron chi connectivity index (χ4n) is 4.19. The van der Waals surface area contributed by atoms with Gasteiger partial charge in [-0.1, -0.05) is 31.2 Å². The van der Waals surface area contributed by atoms with Crippen LogP contribution in [-0.2, 0) is 21.5 Å². The number of halogens is 3. The van der Waals surface area contributed by atoms with Crippen LogP contribution in [0.5, 0.6) is 5.88 Å². The van der Waals surface area contributed by atoms with Crippen molar-refractivity contribution in [1.29, 1.82) is 0 Å². The number of hydrogen-bond donors (Lipinski definition) is 1. The lowest BCUT2D eigenvalue weighted by Crippen LogP contribution is -2.22. The molecule has 4 heterocycles. The number of benzene rings is 1. The second-order valence-electron chi connectivity index (χ2n) is 10.8. The van der Waals surface area contributed by atoms with Crippen molar-refractivity contribution >= 4 is 40.9 Å². The highest BCUT2D eigenvalue weighted by Crippen LogP contribution is 2.37. The van der Waals surface area contributed by atoms with Crippen LogP contribution in [-0.4, -0.2) is 59.1 Å². The number of aromatic nitrogens is 6. The molecule has 0 fully saturated rings. The Kier molecular flexibility index (Phi) is 8.51. The fourth-order valence-corrected chi connectivity index (χ4v) is 6.50. The molecule has 43 heavy (non-hydrogen) atoms. The molecule has 0 unspecified atom stereocenters. The molecule has 0 atom stereocenters. The lowest BCUT2D eigenvalue weighted by molar-refractivity contribution is 0.0882. The van der Waals surface area contributed by atoms with Crippen LogP contribution >= 0.6 is 11.6 Å². The Hall–Kier alpha value is -3.92. The molecule has 0 aliphatic heterocycles. The predicted octanol–water partition coefficient (Wildman–Crippen LogP) is 5.71. The van der Waals surface area contributed by atoms with E-state index in [9.17, 15) is 12.8 Å². The maximum absolute atomic E-state index is 15.1. The van der Waals surface area contributed by atoms with Gasteiger partial charge in [0.2, 0.25) is 5.88 Å². The molecule has 0 aliphatic carbocycles. The van der Waals surface area contributed by atoms with Crippen molar-refractivity contribution in [2.45, 2.75) is 37.3 Å². The lowest BCUT2D eigenvalue weighted by Gasteiger charge is -2.16. The number of methoxy groups -OCH3 is 1. The summed E-state index contributed by atoms with van der Waals surface area (Å²) in [5.41, 5.74) is 0.943. The number of sulfonamides is 1. The molecule has 5 rings (SSSR count). The average Bonchev–Trinajstić information content (AvgIpc) is 3.58. The zero-order chi connectivity index (χ0) is 30.9. The van der Waals surface area contributed by atoms with Gasteiger partial charge in [0.15, 0.2) is 10.7 Å². The predicted molar refractivity (Wildman–Crippen MR) is 160 cm³/mol. The number of anilines is 1. The first-order chi connectivity index (χ1) is 20.4. The number of rotatable bonds is 11. The van der Waals surface area contributed by atoms with E-state index in [1.807, 2.05) is 4.57 Å². The molecule has 11 nitrogen and oxygen atoms in total. The van der Waals surface area contributed by atoms with Crippen LogP contribution in [0.4, 0.5) is 14.5 Å². The van der Waals surface area contributed by atoms with E-state index in [0.717, 1.165) is 30.4 Å². The Morgan fingerprint density at radius 3 is 2.63 bits per heavy atom. The summed E-state index contributed by atoms with van der Waals surface area (Å²) in [4.78, 5) is 16.4. The maximum atomic E-state index is 15.1. The number of hydrogen-bond acceptors (Lipinski definition) is 8. The molecule has 0 saturated carbocycles. The van der Waals surface area contributed by atoms with Crippen LogP contribution in [0.2, 0.25) is 30.7 Å². The van der Waals surface area contributed by atoms with Gasteiger partial charge in [-0.3, -0.25) is 9.71 Å². The molecule has 0 amide bonds. The Morgan fingerprint density at radius 2 is 1.88 bits per heavy atom. The molecule has 5 aromatic rings. The van der Waals surface area contributed by atoms with Gasteiger partial charge in [0.1, 0.15) is 30.4 Å². The van der Waals surface area contributed by atoms with Crippen molar-refractivity contribution in [3.63, 3.8) is 0 Å². The first-order valence-electron chi connectivity index (χ1n) is 13.0. The standard InChI is InChI=1S/C27H28ClF2N7O4SSi/c1-40-27-22(11-17(29)12-33-27)42(38,39)35-19-6-5-18(30)23(24(19)28)20-14-37-15-34-25(21(37)13-32-20)26-31-7-8-36(26)16-41-9-10-43(2,3)4/h5-8,11-15,35H,9-10,16H2,1-4H3. The van der Waals surface area contributed by atoms with Crippen molar-refractivity contribution in [2.75, 3.05) is 18.4 Å². The molecule has 0 saturated heterocycles. The van der Waals surface area contributed by atoms with E-state index in [1.165, 1.54) is 25.8 Å². The molecule has 226 valence electrons. The third kappa shape index (κ3) is 6.54. The average molecular weight is 648 g/mol. The number of nitrogens with one attached hydrogen (secondary N) is 1. The zero-order valence-electron chi connectivity index (χ0n) is 23.7. The largest absolute Gasteiger partial charge is 0.480 e. The van der Waals surface area contributed by atoms with Gasteiger partial charge >= 0.3 is 0 Å². The molecule has 16 heteroatoms. The normalized spacial score (nSPS) is 12.2. The molecule has 0 bridgehead atoms. The lowest BCUT2D eigenvalue weighted by atomic mass is 10.1. The van der Waals surface area contributed by atoms with Gasteiger partial charge in [0.25, 0.3) is 10.0 Å². The van der Waals surface area contributed by atoms with Crippen molar-refractivity contribution < 1.29 is 26.7 Å². The van der Waals surface area contributed by atoms with Gasteiger partial charge in [-0.05, 0) is 18.2 Å². The Labute approximate surface area is 252 Å².